The Morgan fingerprint density at radius 3 is 2.63 bits per heavy atom. The van der Waals surface area contributed by atoms with Gasteiger partial charge in [-0.25, -0.2) is 4.79 Å². The average Bonchev–Trinajstić information content (AvgIpc) is 2.66. The van der Waals surface area contributed by atoms with Gasteiger partial charge in [-0.15, -0.1) is 0 Å². The van der Waals surface area contributed by atoms with Crippen LogP contribution in [0.25, 0.3) is 0 Å². The van der Waals surface area contributed by atoms with Crippen molar-refractivity contribution in [1.82, 2.24) is 4.90 Å². The summed E-state index contributed by atoms with van der Waals surface area (Å²) in [6.45, 7) is 1.67. The minimum absolute atomic E-state index is 0.0529. The van der Waals surface area contributed by atoms with Crippen LogP contribution >= 0.6 is 0 Å². The lowest BCUT2D eigenvalue weighted by Crippen LogP contribution is -2.42. The first kappa shape index (κ1) is 13.5. The number of amides is 2. The van der Waals surface area contributed by atoms with Crippen molar-refractivity contribution in [3.8, 4) is 0 Å². The largest absolute Gasteiger partial charge is 0.417 e. The number of esters is 1. The molecule has 0 saturated heterocycles. The van der Waals surface area contributed by atoms with E-state index in [1.165, 1.54) is 17.1 Å². The smallest absolute Gasteiger partial charge is 0.336 e. The SMILES string of the molecule is C/C=C/C(=O)OC1=CC(=O)N(C2CCCCC2)C1=O. The van der Waals surface area contributed by atoms with E-state index in [9.17, 15) is 14.4 Å². The molecule has 1 fully saturated rings. The van der Waals surface area contributed by atoms with E-state index in [1.54, 1.807) is 6.92 Å². The molecule has 19 heavy (non-hydrogen) atoms. The lowest BCUT2D eigenvalue weighted by Gasteiger charge is -2.29. The quantitative estimate of drug-likeness (QED) is 0.441. The summed E-state index contributed by atoms with van der Waals surface area (Å²) in [6.07, 6.45) is 8.69. The summed E-state index contributed by atoms with van der Waals surface area (Å²) in [5.41, 5.74) is 0. The molecule has 102 valence electrons. The second-order valence-corrected chi connectivity index (χ2v) is 4.73. The number of hydrogen-bond donors (Lipinski definition) is 0. The molecule has 5 heteroatoms. The summed E-state index contributed by atoms with van der Waals surface area (Å²) >= 11 is 0. The maximum atomic E-state index is 12.1. The van der Waals surface area contributed by atoms with Gasteiger partial charge in [0.2, 0.25) is 5.76 Å². The summed E-state index contributed by atoms with van der Waals surface area (Å²) < 4.78 is 4.88. The van der Waals surface area contributed by atoms with Gasteiger partial charge in [0.05, 0.1) is 6.08 Å². The number of allylic oxidation sites excluding steroid dienone is 1. The number of nitrogens with zero attached hydrogens (tertiary/aromatic N) is 1. The van der Waals surface area contributed by atoms with Crippen molar-refractivity contribution in [2.75, 3.05) is 0 Å². The van der Waals surface area contributed by atoms with Gasteiger partial charge in [0.15, 0.2) is 0 Å². The number of ether oxygens (including phenoxy) is 1. The molecular weight excluding hydrogens is 246 g/mol. The van der Waals surface area contributed by atoms with Crippen LogP contribution in [0.1, 0.15) is 39.0 Å². The normalized spacial score (nSPS) is 21.1. The van der Waals surface area contributed by atoms with Crippen LogP contribution in [-0.4, -0.2) is 28.7 Å². The van der Waals surface area contributed by atoms with Gasteiger partial charge in [-0.2, -0.15) is 0 Å². The predicted molar refractivity (Wildman–Crippen MR) is 67.7 cm³/mol. The zero-order chi connectivity index (χ0) is 13.8. The molecule has 2 amide bonds. The molecule has 0 bridgehead atoms. The molecular formula is C14H17NO4. The minimum atomic E-state index is -0.639. The van der Waals surface area contributed by atoms with Crippen LogP contribution in [0.5, 0.6) is 0 Å². The number of rotatable bonds is 3. The monoisotopic (exact) mass is 263 g/mol. The van der Waals surface area contributed by atoms with Gasteiger partial charge < -0.3 is 4.74 Å². The lowest BCUT2D eigenvalue weighted by molar-refractivity contribution is -0.146. The van der Waals surface area contributed by atoms with Crippen molar-refractivity contribution < 1.29 is 19.1 Å². The first-order chi connectivity index (χ1) is 9.13. The van der Waals surface area contributed by atoms with Crippen molar-refractivity contribution in [3.05, 3.63) is 24.0 Å². The van der Waals surface area contributed by atoms with Gasteiger partial charge in [-0.1, -0.05) is 25.3 Å². The second kappa shape index (κ2) is 5.82. The summed E-state index contributed by atoms with van der Waals surface area (Å²) in [5.74, 6) is -1.67. The summed E-state index contributed by atoms with van der Waals surface area (Å²) in [4.78, 5) is 36.5. The van der Waals surface area contributed by atoms with Crippen LogP contribution in [0, 0.1) is 0 Å². The van der Waals surface area contributed by atoms with E-state index in [4.69, 9.17) is 4.74 Å². The topological polar surface area (TPSA) is 63.7 Å². The molecule has 0 atom stereocenters. The molecule has 0 radical (unpaired) electrons. The fraction of sp³-hybridized carbons (Fsp3) is 0.500. The fourth-order valence-electron chi connectivity index (χ4n) is 2.50. The molecule has 0 aromatic carbocycles. The Morgan fingerprint density at radius 2 is 2.00 bits per heavy atom. The highest BCUT2D eigenvalue weighted by molar-refractivity contribution is 6.16. The van der Waals surface area contributed by atoms with Gasteiger partial charge in [0.1, 0.15) is 0 Å². The number of hydrogen-bond acceptors (Lipinski definition) is 4. The molecule has 2 aliphatic rings. The Balaban J connectivity index is 2.05. The van der Waals surface area contributed by atoms with Crippen LogP contribution in [0.2, 0.25) is 0 Å². The predicted octanol–water partition coefficient (Wildman–Crippen LogP) is 1.69. The van der Waals surface area contributed by atoms with Crippen molar-refractivity contribution in [2.45, 2.75) is 45.1 Å². The fourth-order valence-corrected chi connectivity index (χ4v) is 2.50. The van der Waals surface area contributed by atoms with Crippen LogP contribution in [0.15, 0.2) is 24.0 Å². The van der Waals surface area contributed by atoms with Gasteiger partial charge in [-0.3, -0.25) is 14.5 Å². The highest BCUT2D eigenvalue weighted by atomic mass is 16.5. The van der Waals surface area contributed by atoms with Crippen LogP contribution < -0.4 is 0 Å². The molecule has 1 aliphatic heterocycles. The van der Waals surface area contributed by atoms with Crippen molar-refractivity contribution in [2.24, 2.45) is 0 Å². The Bertz CT molecular complexity index is 458. The Kier molecular flexibility index (Phi) is 4.14. The van der Waals surface area contributed by atoms with Gasteiger partial charge in [0.25, 0.3) is 11.8 Å². The van der Waals surface area contributed by atoms with Crippen LogP contribution in [0.4, 0.5) is 0 Å². The molecule has 1 saturated carbocycles. The van der Waals surface area contributed by atoms with E-state index in [1.807, 2.05) is 0 Å². The second-order valence-electron chi connectivity index (χ2n) is 4.73. The van der Waals surface area contributed by atoms with Crippen molar-refractivity contribution in [1.29, 1.82) is 0 Å². The summed E-state index contributed by atoms with van der Waals surface area (Å²) in [7, 11) is 0. The zero-order valence-electron chi connectivity index (χ0n) is 10.9. The molecule has 1 heterocycles. The first-order valence-electron chi connectivity index (χ1n) is 6.57. The molecule has 0 spiro atoms. The summed E-state index contributed by atoms with van der Waals surface area (Å²) in [6, 6.07) is -0.0529. The minimum Gasteiger partial charge on any atom is -0.417 e. The number of imide groups is 1. The van der Waals surface area contributed by atoms with Gasteiger partial charge in [-0.05, 0) is 19.8 Å². The Morgan fingerprint density at radius 1 is 1.32 bits per heavy atom. The van der Waals surface area contributed by atoms with E-state index < -0.39 is 11.9 Å². The Hall–Kier alpha value is -1.91. The van der Waals surface area contributed by atoms with E-state index in [-0.39, 0.29) is 17.7 Å². The molecule has 0 aromatic rings. The lowest BCUT2D eigenvalue weighted by atomic mass is 9.94. The third-order valence-electron chi connectivity index (χ3n) is 3.37. The molecule has 0 unspecified atom stereocenters. The molecule has 5 nitrogen and oxygen atoms in total. The maximum absolute atomic E-state index is 12.1. The van der Waals surface area contributed by atoms with Crippen LogP contribution in [-0.2, 0) is 19.1 Å². The van der Waals surface area contributed by atoms with E-state index >= 15 is 0 Å². The van der Waals surface area contributed by atoms with Gasteiger partial charge >= 0.3 is 5.97 Å². The number of carbonyl (C=O) groups excluding carboxylic acids is 3. The third kappa shape index (κ3) is 2.92. The average molecular weight is 263 g/mol. The van der Waals surface area contributed by atoms with Crippen molar-refractivity contribution >= 4 is 17.8 Å². The Labute approximate surface area is 111 Å². The number of carbonyl (C=O) groups is 3. The summed E-state index contributed by atoms with van der Waals surface area (Å²) in [5, 5.41) is 0. The highest BCUT2D eigenvalue weighted by Crippen LogP contribution is 2.27. The highest BCUT2D eigenvalue weighted by Gasteiger charge is 2.38. The van der Waals surface area contributed by atoms with E-state index in [0.29, 0.717) is 0 Å². The first-order valence-corrected chi connectivity index (χ1v) is 6.57. The maximum Gasteiger partial charge on any atom is 0.336 e. The van der Waals surface area contributed by atoms with Crippen LogP contribution in [0.3, 0.4) is 0 Å². The van der Waals surface area contributed by atoms with Crippen molar-refractivity contribution in [3.63, 3.8) is 0 Å². The molecule has 2 rings (SSSR count). The third-order valence-corrected chi connectivity index (χ3v) is 3.37. The zero-order valence-corrected chi connectivity index (χ0v) is 10.9. The van der Waals surface area contributed by atoms with E-state index in [0.717, 1.165) is 38.2 Å². The van der Waals surface area contributed by atoms with E-state index in [2.05, 4.69) is 0 Å². The molecule has 1 aliphatic carbocycles. The molecule has 0 aromatic heterocycles. The molecule has 0 N–H and O–H groups in total. The van der Waals surface area contributed by atoms with Gasteiger partial charge in [0, 0.05) is 12.1 Å². The standard InChI is InChI=1S/C14H17NO4/c1-2-6-13(17)19-11-9-12(16)15(14(11)18)10-7-4-3-5-8-10/h2,6,9-10H,3-5,7-8H2,1H3/b6-2+.